The van der Waals surface area contributed by atoms with Crippen LogP contribution in [0, 0.1) is 17.6 Å². The average Bonchev–Trinajstić information content (AvgIpc) is 2.11. The van der Waals surface area contributed by atoms with Crippen molar-refractivity contribution in [3.63, 3.8) is 0 Å². The van der Waals surface area contributed by atoms with Gasteiger partial charge in [-0.25, -0.2) is 8.78 Å². The fraction of sp³-hybridized carbons (Fsp3) is 0.400. The van der Waals surface area contributed by atoms with Crippen LogP contribution in [0.1, 0.15) is 11.7 Å². The van der Waals surface area contributed by atoms with Gasteiger partial charge in [0.1, 0.15) is 17.7 Å². The van der Waals surface area contributed by atoms with Gasteiger partial charge in [0.2, 0.25) is 0 Å². The monoisotopic (exact) mass is 294 g/mol. The molecule has 0 saturated carbocycles. The zero-order valence-corrected chi connectivity index (χ0v) is 8.86. The van der Waals surface area contributed by atoms with Gasteiger partial charge in [-0.2, -0.15) is 26.3 Å². The van der Waals surface area contributed by atoms with Crippen molar-refractivity contribution in [2.24, 2.45) is 5.92 Å². The van der Waals surface area contributed by atoms with Gasteiger partial charge < -0.3 is 5.11 Å². The Labute approximate surface area is 101 Å². The van der Waals surface area contributed by atoms with E-state index in [9.17, 15) is 35.1 Å². The van der Waals surface area contributed by atoms with Crippen LogP contribution < -0.4 is 0 Å². The summed E-state index contributed by atoms with van der Waals surface area (Å²) in [4.78, 5) is 0. The van der Waals surface area contributed by atoms with Crippen molar-refractivity contribution >= 4 is 0 Å². The topological polar surface area (TPSA) is 20.2 Å². The van der Waals surface area contributed by atoms with Gasteiger partial charge in [0, 0.05) is 11.6 Å². The first-order valence-electron chi connectivity index (χ1n) is 4.71. The Bertz CT molecular complexity index is 436. The first-order chi connectivity index (χ1) is 8.44. The number of aliphatic hydroxyl groups is 1. The van der Waals surface area contributed by atoms with E-state index in [4.69, 9.17) is 5.11 Å². The molecule has 0 aromatic heterocycles. The number of aliphatic hydroxyl groups excluding tert-OH is 1. The molecular weight excluding hydrogens is 288 g/mol. The maximum atomic E-state index is 13.1. The van der Waals surface area contributed by atoms with Gasteiger partial charge in [-0.15, -0.1) is 0 Å². The predicted molar refractivity (Wildman–Crippen MR) is 46.9 cm³/mol. The third kappa shape index (κ3) is 3.55. The van der Waals surface area contributed by atoms with E-state index in [0.717, 1.165) is 0 Å². The Hall–Kier alpha value is -1.38. The molecule has 1 N–H and O–H groups in total. The van der Waals surface area contributed by atoms with Crippen LogP contribution in [0.3, 0.4) is 0 Å². The Morgan fingerprint density at radius 2 is 1.37 bits per heavy atom. The second-order valence-electron chi connectivity index (χ2n) is 3.67. The molecule has 0 spiro atoms. The smallest absolute Gasteiger partial charge is 0.387 e. The van der Waals surface area contributed by atoms with Crippen LogP contribution >= 0.6 is 0 Å². The Morgan fingerprint density at radius 1 is 0.895 bits per heavy atom. The second-order valence-corrected chi connectivity index (χ2v) is 3.67. The minimum Gasteiger partial charge on any atom is -0.387 e. The number of rotatable bonds is 2. The minimum absolute atomic E-state index is 0.0857. The van der Waals surface area contributed by atoms with Crippen LogP contribution in [0.2, 0.25) is 0 Å². The molecule has 0 heterocycles. The van der Waals surface area contributed by atoms with E-state index < -0.39 is 41.6 Å². The summed E-state index contributed by atoms with van der Waals surface area (Å²) in [5.41, 5.74) is -1.28. The van der Waals surface area contributed by atoms with Gasteiger partial charge in [0.05, 0.1) is 0 Å². The molecule has 1 aromatic carbocycles. The highest BCUT2D eigenvalue weighted by molar-refractivity contribution is 5.22. The van der Waals surface area contributed by atoms with E-state index in [1.54, 1.807) is 0 Å². The highest BCUT2D eigenvalue weighted by Gasteiger charge is 2.60. The Kier molecular flexibility index (Phi) is 4.08. The summed E-state index contributed by atoms with van der Waals surface area (Å²) in [5, 5.41) is 9.12. The first kappa shape index (κ1) is 15.7. The second kappa shape index (κ2) is 4.95. The van der Waals surface area contributed by atoms with E-state index in [2.05, 4.69) is 0 Å². The summed E-state index contributed by atoms with van der Waals surface area (Å²) in [5.74, 6) is -7.03. The van der Waals surface area contributed by atoms with E-state index in [1.165, 1.54) is 0 Å². The van der Waals surface area contributed by atoms with Gasteiger partial charge in [-0.1, -0.05) is 6.07 Å². The fourth-order valence-electron chi connectivity index (χ4n) is 1.46. The standard InChI is InChI=1S/C10H6F8O/c11-4-1-2-5(6(12)3-4)7(19)8(9(13,14)15)10(16,17)18/h1-3,7-8,19H. The van der Waals surface area contributed by atoms with Crippen molar-refractivity contribution in [1.29, 1.82) is 0 Å². The first-order valence-corrected chi connectivity index (χ1v) is 4.71. The summed E-state index contributed by atoms with van der Waals surface area (Å²) < 4.78 is 99.3. The lowest BCUT2D eigenvalue weighted by atomic mass is 9.94. The minimum atomic E-state index is -5.82. The lowest BCUT2D eigenvalue weighted by Crippen LogP contribution is -2.41. The third-order valence-corrected chi connectivity index (χ3v) is 2.30. The summed E-state index contributed by atoms with van der Waals surface area (Å²) in [6, 6.07) is 0.869. The molecule has 19 heavy (non-hydrogen) atoms. The van der Waals surface area contributed by atoms with E-state index in [-0.39, 0.29) is 6.07 Å². The predicted octanol–water partition coefficient (Wildman–Crippen LogP) is 3.74. The zero-order valence-electron chi connectivity index (χ0n) is 8.86. The maximum absolute atomic E-state index is 13.1. The quantitative estimate of drug-likeness (QED) is 0.824. The number of halogens is 8. The molecule has 108 valence electrons. The van der Waals surface area contributed by atoms with Crippen LogP contribution in [0.15, 0.2) is 18.2 Å². The molecule has 1 unspecified atom stereocenters. The molecular formula is C10H6F8O. The van der Waals surface area contributed by atoms with E-state index in [0.29, 0.717) is 12.1 Å². The summed E-state index contributed by atoms with van der Waals surface area (Å²) in [7, 11) is 0. The molecule has 0 fully saturated rings. The van der Waals surface area contributed by atoms with Crippen LogP contribution in [0.4, 0.5) is 35.1 Å². The van der Waals surface area contributed by atoms with Crippen molar-refractivity contribution in [3.8, 4) is 0 Å². The zero-order chi connectivity index (χ0) is 15.0. The molecule has 0 radical (unpaired) electrons. The molecule has 9 heteroatoms. The van der Waals surface area contributed by atoms with Gasteiger partial charge in [0.15, 0.2) is 5.92 Å². The van der Waals surface area contributed by atoms with Crippen LogP contribution in [0.25, 0.3) is 0 Å². The van der Waals surface area contributed by atoms with E-state index >= 15 is 0 Å². The molecule has 1 aromatic rings. The molecule has 0 amide bonds. The molecule has 0 bridgehead atoms. The largest absolute Gasteiger partial charge is 0.403 e. The van der Waals surface area contributed by atoms with Crippen LogP contribution in [-0.2, 0) is 0 Å². The molecule has 0 aliphatic carbocycles. The van der Waals surface area contributed by atoms with Gasteiger partial charge in [-0.3, -0.25) is 0 Å². The van der Waals surface area contributed by atoms with Gasteiger partial charge in [0.25, 0.3) is 0 Å². The van der Waals surface area contributed by atoms with Crippen LogP contribution in [-0.4, -0.2) is 17.5 Å². The summed E-state index contributed by atoms with van der Waals surface area (Å²) in [6.45, 7) is 0. The summed E-state index contributed by atoms with van der Waals surface area (Å²) in [6.07, 6.45) is -14.8. The number of alkyl halides is 6. The average molecular weight is 294 g/mol. The van der Waals surface area contributed by atoms with Gasteiger partial charge >= 0.3 is 12.4 Å². The molecule has 0 aliphatic rings. The molecule has 0 saturated heterocycles. The maximum Gasteiger partial charge on any atom is 0.403 e. The third-order valence-electron chi connectivity index (χ3n) is 2.30. The van der Waals surface area contributed by atoms with Crippen molar-refractivity contribution < 1.29 is 40.2 Å². The van der Waals surface area contributed by atoms with Crippen molar-refractivity contribution in [2.45, 2.75) is 18.5 Å². The highest BCUT2D eigenvalue weighted by Crippen LogP contribution is 2.46. The summed E-state index contributed by atoms with van der Waals surface area (Å²) >= 11 is 0. The lowest BCUT2D eigenvalue weighted by molar-refractivity contribution is -0.307. The number of benzene rings is 1. The molecule has 1 rings (SSSR count). The highest BCUT2D eigenvalue weighted by atomic mass is 19.4. The van der Waals surface area contributed by atoms with Crippen molar-refractivity contribution in [2.75, 3.05) is 0 Å². The number of hydrogen-bond acceptors (Lipinski definition) is 1. The normalized spacial score (nSPS) is 14.8. The fourth-order valence-corrected chi connectivity index (χ4v) is 1.46. The SMILES string of the molecule is OC(c1ccc(F)cc1F)C(C(F)(F)F)C(F)(F)F. The lowest BCUT2D eigenvalue weighted by Gasteiger charge is -2.27. The molecule has 0 aliphatic heterocycles. The van der Waals surface area contributed by atoms with Gasteiger partial charge in [-0.05, 0) is 6.07 Å². The van der Waals surface area contributed by atoms with Crippen molar-refractivity contribution in [3.05, 3.63) is 35.4 Å². The van der Waals surface area contributed by atoms with Crippen LogP contribution in [0.5, 0.6) is 0 Å². The molecule has 1 atom stereocenters. The number of hydrogen-bond donors (Lipinski definition) is 1. The molecule has 1 nitrogen and oxygen atoms in total. The Morgan fingerprint density at radius 3 is 1.74 bits per heavy atom. The van der Waals surface area contributed by atoms with Crippen molar-refractivity contribution in [1.82, 2.24) is 0 Å². The Balaban J connectivity index is 3.24. The van der Waals surface area contributed by atoms with E-state index in [1.807, 2.05) is 0 Å².